The fourth-order valence-corrected chi connectivity index (χ4v) is 4.60. The minimum Gasteiger partial charge on any atom is -0.396 e. The van der Waals surface area contributed by atoms with Crippen molar-refractivity contribution < 1.29 is 13.2 Å². The average molecular weight is 332 g/mol. The summed E-state index contributed by atoms with van der Waals surface area (Å²) in [6, 6.07) is 0. The largest absolute Gasteiger partial charge is 0.396 e. The van der Waals surface area contributed by atoms with Gasteiger partial charge in [0.05, 0.1) is 16.3 Å². The third-order valence-corrected chi connectivity index (χ3v) is 6.27. The van der Waals surface area contributed by atoms with Crippen LogP contribution in [-0.4, -0.2) is 26.5 Å². The summed E-state index contributed by atoms with van der Waals surface area (Å²) in [5.41, 5.74) is 6.08. The lowest BCUT2D eigenvalue weighted by Gasteiger charge is -2.07. The zero-order valence-corrected chi connectivity index (χ0v) is 14.7. The summed E-state index contributed by atoms with van der Waals surface area (Å²) in [6.45, 7) is 7.85. The fraction of sp³-hybridized carbons (Fsp3) is 0.643. The second-order valence-corrected chi connectivity index (χ2v) is 8.44. The zero-order chi connectivity index (χ0) is 16.2. The molecule has 0 bridgehead atoms. The number of unbranched alkanes of at least 4 members (excludes halogenated alkanes) is 1. The molecule has 120 valence electrons. The first-order valence-electron chi connectivity index (χ1n) is 7.19. The van der Waals surface area contributed by atoms with E-state index in [1.165, 1.54) is 0 Å². The number of nitrogens with one attached hydrogen (secondary N) is 1. The van der Waals surface area contributed by atoms with Crippen molar-refractivity contribution in [3.05, 3.63) is 4.88 Å². The number of carbonyl (C=O) groups is 1. The zero-order valence-electron chi connectivity index (χ0n) is 13.0. The number of sulfone groups is 1. The molecule has 1 heterocycles. The highest BCUT2D eigenvalue weighted by atomic mass is 32.2. The van der Waals surface area contributed by atoms with E-state index < -0.39 is 9.84 Å². The predicted octanol–water partition coefficient (Wildman–Crippen LogP) is 3.17. The van der Waals surface area contributed by atoms with Gasteiger partial charge in [-0.05, 0) is 6.42 Å². The number of Topliss-reactive ketones (excluding diaryl/α,β-unsaturated/α-hetero) is 1. The molecule has 0 aromatic carbocycles. The Morgan fingerprint density at radius 1 is 1.33 bits per heavy atom. The van der Waals surface area contributed by atoms with Crippen molar-refractivity contribution in [3.8, 4) is 0 Å². The smallest absolute Gasteiger partial charge is 0.183 e. The first-order chi connectivity index (χ1) is 9.76. The molecule has 0 aliphatic carbocycles. The fourth-order valence-electron chi connectivity index (χ4n) is 1.82. The summed E-state index contributed by atoms with van der Waals surface area (Å²) < 4.78 is 24.5. The lowest BCUT2D eigenvalue weighted by atomic mass is 10.1. The number of carbonyl (C=O) groups excluding carboxylic acids is 1. The number of nitrogens with two attached hydrogens (primary N) is 1. The molecule has 0 atom stereocenters. The van der Waals surface area contributed by atoms with Crippen LogP contribution in [0, 0.1) is 5.92 Å². The van der Waals surface area contributed by atoms with Crippen molar-refractivity contribution >= 4 is 37.6 Å². The van der Waals surface area contributed by atoms with Gasteiger partial charge in [-0.15, -0.1) is 11.3 Å². The van der Waals surface area contributed by atoms with Gasteiger partial charge in [0.25, 0.3) is 0 Å². The molecule has 7 heteroatoms. The third kappa shape index (κ3) is 3.97. The van der Waals surface area contributed by atoms with E-state index in [2.05, 4.69) is 12.2 Å². The Labute approximate surface area is 130 Å². The highest BCUT2D eigenvalue weighted by Crippen LogP contribution is 2.40. The number of hydrogen-bond donors (Lipinski definition) is 2. The van der Waals surface area contributed by atoms with Gasteiger partial charge in [0.15, 0.2) is 15.6 Å². The van der Waals surface area contributed by atoms with Crippen molar-refractivity contribution in [2.75, 3.05) is 23.3 Å². The molecule has 0 fully saturated rings. The number of rotatable bonds is 8. The van der Waals surface area contributed by atoms with Crippen LogP contribution in [0.3, 0.4) is 0 Å². The summed E-state index contributed by atoms with van der Waals surface area (Å²) in [6.07, 6.45) is 1.93. The van der Waals surface area contributed by atoms with Gasteiger partial charge in [0.2, 0.25) is 0 Å². The monoisotopic (exact) mass is 332 g/mol. The Balaban J connectivity index is 3.34. The number of nitrogen functional groups attached to an aromatic ring is 1. The Kier molecular flexibility index (Phi) is 6.22. The Morgan fingerprint density at radius 2 is 1.95 bits per heavy atom. The molecule has 0 saturated heterocycles. The van der Waals surface area contributed by atoms with E-state index in [4.69, 9.17) is 5.73 Å². The van der Waals surface area contributed by atoms with Crippen LogP contribution in [0.15, 0.2) is 4.90 Å². The maximum Gasteiger partial charge on any atom is 0.183 e. The van der Waals surface area contributed by atoms with Gasteiger partial charge in [-0.1, -0.05) is 34.1 Å². The Morgan fingerprint density at radius 3 is 2.43 bits per heavy atom. The summed E-state index contributed by atoms with van der Waals surface area (Å²) in [7, 11) is -3.46. The molecule has 0 spiro atoms. The van der Waals surface area contributed by atoms with E-state index in [1.807, 2.05) is 0 Å². The summed E-state index contributed by atoms with van der Waals surface area (Å²) >= 11 is 1.15. The SMILES string of the molecule is CCCCNc1sc(C(=O)C(C)C)c(N)c1S(=O)(=O)CC. The van der Waals surface area contributed by atoms with Crippen LogP contribution in [0.1, 0.15) is 50.2 Å². The standard InChI is InChI=1S/C14H24N2O3S2/c1-5-7-8-16-14-13(21(18,19)6-2)10(15)12(20-14)11(17)9(3)4/h9,16H,5-8,15H2,1-4H3. The molecule has 0 radical (unpaired) electrons. The van der Waals surface area contributed by atoms with Crippen molar-refractivity contribution in [1.82, 2.24) is 0 Å². The molecular formula is C14H24N2O3S2. The van der Waals surface area contributed by atoms with Gasteiger partial charge in [-0.25, -0.2) is 8.42 Å². The molecule has 5 nitrogen and oxygen atoms in total. The maximum atomic E-state index is 12.3. The van der Waals surface area contributed by atoms with Crippen LogP contribution < -0.4 is 11.1 Å². The predicted molar refractivity (Wildman–Crippen MR) is 89.0 cm³/mol. The van der Waals surface area contributed by atoms with Crippen LogP contribution >= 0.6 is 11.3 Å². The average Bonchev–Trinajstić information content (AvgIpc) is 2.75. The Bertz CT molecular complexity index is 604. The van der Waals surface area contributed by atoms with Crippen LogP contribution in [-0.2, 0) is 9.84 Å². The van der Waals surface area contributed by atoms with E-state index in [0.717, 1.165) is 24.2 Å². The highest BCUT2D eigenvalue weighted by molar-refractivity contribution is 7.91. The highest BCUT2D eigenvalue weighted by Gasteiger charge is 2.29. The van der Waals surface area contributed by atoms with Gasteiger partial charge in [0, 0.05) is 12.5 Å². The lowest BCUT2D eigenvalue weighted by molar-refractivity contribution is 0.0944. The maximum absolute atomic E-state index is 12.3. The molecule has 0 amide bonds. The molecule has 0 aliphatic rings. The second kappa shape index (κ2) is 7.26. The summed E-state index contributed by atoms with van der Waals surface area (Å²) in [5.74, 6) is -0.369. The molecule has 0 unspecified atom stereocenters. The molecule has 1 aromatic heterocycles. The molecule has 0 aliphatic heterocycles. The van der Waals surface area contributed by atoms with Crippen LogP contribution in [0.4, 0.5) is 10.7 Å². The van der Waals surface area contributed by atoms with Gasteiger partial charge < -0.3 is 11.1 Å². The van der Waals surface area contributed by atoms with Gasteiger partial charge in [-0.3, -0.25) is 4.79 Å². The quantitative estimate of drug-likeness (QED) is 0.564. The minimum atomic E-state index is -3.46. The van der Waals surface area contributed by atoms with E-state index in [-0.39, 0.29) is 28.0 Å². The summed E-state index contributed by atoms with van der Waals surface area (Å²) in [4.78, 5) is 12.6. The molecular weight excluding hydrogens is 308 g/mol. The van der Waals surface area contributed by atoms with Crippen molar-refractivity contribution in [2.45, 2.75) is 45.4 Å². The second-order valence-electron chi connectivity index (χ2n) is 5.21. The lowest BCUT2D eigenvalue weighted by Crippen LogP contribution is -2.11. The van der Waals surface area contributed by atoms with Gasteiger partial charge >= 0.3 is 0 Å². The molecule has 3 N–H and O–H groups in total. The third-order valence-electron chi connectivity index (χ3n) is 3.15. The van der Waals surface area contributed by atoms with Gasteiger partial charge in [-0.2, -0.15) is 0 Å². The first-order valence-corrected chi connectivity index (χ1v) is 9.66. The Hall–Kier alpha value is -1.08. The topological polar surface area (TPSA) is 89.3 Å². The number of thiophene rings is 1. The van der Waals surface area contributed by atoms with Crippen LogP contribution in [0.2, 0.25) is 0 Å². The molecule has 0 saturated carbocycles. The summed E-state index contributed by atoms with van der Waals surface area (Å²) in [5, 5.41) is 3.61. The van der Waals surface area contributed by atoms with Crippen LogP contribution in [0.25, 0.3) is 0 Å². The van der Waals surface area contributed by atoms with Crippen molar-refractivity contribution in [1.29, 1.82) is 0 Å². The number of anilines is 2. The van der Waals surface area contributed by atoms with E-state index in [1.54, 1.807) is 20.8 Å². The van der Waals surface area contributed by atoms with E-state index in [0.29, 0.717) is 16.4 Å². The number of ketones is 1. The van der Waals surface area contributed by atoms with Crippen molar-refractivity contribution in [2.24, 2.45) is 5.92 Å². The first kappa shape index (κ1) is 18.0. The molecule has 21 heavy (non-hydrogen) atoms. The van der Waals surface area contributed by atoms with Crippen LogP contribution in [0.5, 0.6) is 0 Å². The van der Waals surface area contributed by atoms with Crippen molar-refractivity contribution in [3.63, 3.8) is 0 Å². The molecule has 1 aromatic rings. The molecule has 1 rings (SSSR count). The number of hydrogen-bond acceptors (Lipinski definition) is 6. The van der Waals surface area contributed by atoms with E-state index in [9.17, 15) is 13.2 Å². The van der Waals surface area contributed by atoms with E-state index >= 15 is 0 Å². The minimum absolute atomic E-state index is 0.0360. The van der Waals surface area contributed by atoms with Gasteiger partial charge in [0.1, 0.15) is 9.90 Å². The normalized spacial score (nSPS) is 11.9.